The molecule has 0 aliphatic rings. The van der Waals surface area contributed by atoms with Crippen molar-refractivity contribution in [2.24, 2.45) is 0 Å². The zero-order valence-corrected chi connectivity index (χ0v) is 12.2. The van der Waals surface area contributed by atoms with E-state index < -0.39 is 0 Å². The van der Waals surface area contributed by atoms with Crippen molar-refractivity contribution in [2.45, 2.75) is 45.6 Å². The molecule has 0 aliphatic heterocycles. The number of thiazole rings is 1. The predicted octanol–water partition coefficient (Wildman–Crippen LogP) is 2.18. The Kier molecular flexibility index (Phi) is 2.97. The summed E-state index contributed by atoms with van der Waals surface area (Å²) in [4.78, 5) is 6.11. The van der Waals surface area contributed by atoms with Gasteiger partial charge in [0.05, 0.1) is 10.7 Å². The summed E-state index contributed by atoms with van der Waals surface area (Å²) < 4.78 is 0. The number of hydrogen-bond acceptors (Lipinski definition) is 2. The Balaban J connectivity index is 3.11. The van der Waals surface area contributed by atoms with Crippen LogP contribution in [0.15, 0.2) is 0 Å². The first-order chi connectivity index (χ1) is 5.82. The second-order valence-electron chi connectivity index (χ2n) is 4.87. The maximum absolute atomic E-state index is 4.62. The molecule has 0 atom stereocenters. The van der Waals surface area contributed by atoms with Gasteiger partial charge in [-0.25, -0.2) is 4.98 Å². The van der Waals surface area contributed by atoms with Gasteiger partial charge >= 0.3 is 0 Å². The van der Waals surface area contributed by atoms with Crippen molar-refractivity contribution in [2.75, 3.05) is 0 Å². The van der Waals surface area contributed by atoms with Gasteiger partial charge in [0.1, 0.15) is 0 Å². The van der Waals surface area contributed by atoms with Crippen LogP contribution in [0.25, 0.3) is 0 Å². The Morgan fingerprint density at radius 3 is 2.15 bits per heavy atom. The van der Waals surface area contributed by atoms with Gasteiger partial charge in [0, 0.05) is 21.0 Å². The van der Waals surface area contributed by atoms with Gasteiger partial charge in [-0.2, -0.15) is 0 Å². The lowest BCUT2D eigenvalue weighted by Crippen LogP contribution is -2.15. The standard InChI is InChI=1S/C10H19NSSi/c1-6(2)9-11-7(3)8(12-9)10(4,5)13/h6H,1-5,13H3. The van der Waals surface area contributed by atoms with Gasteiger partial charge in [0.2, 0.25) is 0 Å². The Hall–Kier alpha value is -0.153. The van der Waals surface area contributed by atoms with Crippen LogP contribution in [0, 0.1) is 6.92 Å². The van der Waals surface area contributed by atoms with E-state index in [0.29, 0.717) is 11.0 Å². The fraction of sp³-hybridized carbons (Fsp3) is 0.700. The highest BCUT2D eigenvalue weighted by Crippen LogP contribution is 2.32. The highest BCUT2D eigenvalue weighted by atomic mass is 32.1. The normalized spacial score (nSPS) is 12.8. The minimum atomic E-state index is 0.384. The lowest BCUT2D eigenvalue weighted by molar-refractivity contribution is 0.770. The zero-order valence-electron chi connectivity index (χ0n) is 9.43. The highest BCUT2D eigenvalue weighted by molar-refractivity contribution is 7.12. The second-order valence-corrected chi connectivity index (χ2v) is 8.40. The molecule has 0 bridgehead atoms. The molecular weight excluding hydrogens is 194 g/mol. The number of rotatable bonds is 2. The molecule has 3 heteroatoms. The third-order valence-corrected chi connectivity index (χ3v) is 4.73. The van der Waals surface area contributed by atoms with Crippen LogP contribution in [-0.2, 0) is 5.04 Å². The molecule has 1 aromatic heterocycles. The van der Waals surface area contributed by atoms with Crippen molar-refractivity contribution in [3.8, 4) is 0 Å². The summed E-state index contributed by atoms with van der Waals surface area (Å²) in [7, 11) is 1.19. The Morgan fingerprint density at radius 2 is 1.92 bits per heavy atom. The van der Waals surface area contributed by atoms with E-state index in [1.54, 1.807) is 0 Å². The smallest absolute Gasteiger partial charge is 0.0956 e. The third-order valence-electron chi connectivity index (χ3n) is 1.99. The molecule has 0 aromatic carbocycles. The van der Waals surface area contributed by atoms with Crippen LogP contribution in [0.5, 0.6) is 0 Å². The van der Waals surface area contributed by atoms with Crippen molar-refractivity contribution in [1.82, 2.24) is 4.98 Å². The summed E-state index contributed by atoms with van der Waals surface area (Å²) in [5.41, 5.74) is 1.24. The van der Waals surface area contributed by atoms with E-state index in [4.69, 9.17) is 0 Å². The summed E-state index contributed by atoms with van der Waals surface area (Å²) in [6.45, 7) is 11.2. The highest BCUT2D eigenvalue weighted by Gasteiger charge is 2.21. The Morgan fingerprint density at radius 1 is 1.38 bits per heavy atom. The van der Waals surface area contributed by atoms with Crippen LogP contribution in [0.3, 0.4) is 0 Å². The summed E-state index contributed by atoms with van der Waals surface area (Å²) in [5.74, 6) is 0.571. The molecule has 0 saturated carbocycles. The second kappa shape index (κ2) is 3.54. The van der Waals surface area contributed by atoms with Gasteiger partial charge in [0.25, 0.3) is 0 Å². The van der Waals surface area contributed by atoms with E-state index in [9.17, 15) is 0 Å². The van der Waals surface area contributed by atoms with Crippen LogP contribution in [-0.4, -0.2) is 15.2 Å². The maximum Gasteiger partial charge on any atom is 0.0956 e. The molecule has 0 spiro atoms. The average Bonchev–Trinajstić information content (AvgIpc) is 2.29. The summed E-state index contributed by atoms with van der Waals surface area (Å²) in [6, 6.07) is 0. The summed E-state index contributed by atoms with van der Waals surface area (Å²) in [6.07, 6.45) is 0. The molecule has 1 rings (SSSR count). The molecule has 1 heterocycles. The van der Waals surface area contributed by atoms with Gasteiger partial charge in [-0.05, 0) is 12.0 Å². The minimum absolute atomic E-state index is 0.384. The predicted molar refractivity (Wildman–Crippen MR) is 63.9 cm³/mol. The van der Waals surface area contributed by atoms with Crippen molar-refractivity contribution < 1.29 is 0 Å². The van der Waals surface area contributed by atoms with Crippen molar-refractivity contribution in [3.05, 3.63) is 15.6 Å². The van der Waals surface area contributed by atoms with Crippen LogP contribution >= 0.6 is 11.3 Å². The summed E-state index contributed by atoms with van der Waals surface area (Å²) in [5, 5.41) is 1.67. The molecule has 74 valence electrons. The third kappa shape index (κ3) is 2.41. The molecular formula is C10H19NSSi. The number of nitrogens with zero attached hydrogens (tertiary/aromatic N) is 1. The molecule has 0 radical (unpaired) electrons. The maximum atomic E-state index is 4.62. The topological polar surface area (TPSA) is 12.9 Å². The molecule has 0 unspecified atom stereocenters. The number of hydrogen-bond donors (Lipinski definition) is 0. The largest absolute Gasteiger partial charge is 0.246 e. The van der Waals surface area contributed by atoms with Gasteiger partial charge < -0.3 is 0 Å². The van der Waals surface area contributed by atoms with Crippen LogP contribution in [0.4, 0.5) is 0 Å². The van der Waals surface area contributed by atoms with Crippen molar-refractivity contribution in [1.29, 1.82) is 0 Å². The molecule has 0 N–H and O–H groups in total. The van der Waals surface area contributed by atoms with Crippen LogP contribution < -0.4 is 0 Å². The average molecular weight is 213 g/mol. The van der Waals surface area contributed by atoms with Crippen molar-refractivity contribution >= 4 is 21.6 Å². The molecule has 1 aromatic rings. The monoisotopic (exact) mass is 213 g/mol. The first-order valence-corrected chi connectivity index (χ1v) is 6.62. The Labute approximate surface area is 88.0 Å². The van der Waals surface area contributed by atoms with Crippen LogP contribution in [0.2, 0.25) is 0 Å². The van der Waals surface area contributed by atoms with E-state index in [-0.39, 0.29) is 0 Å². The fourth-order valence-electron chi connectivity index (χ4n) is 1.36. The lowest BCUT2D eigenvalue weighted by atomic mass is 10.1. The molecule has 0 fully saturated rings. The van der Waals surface area contributed by atoms with Crippen LogP contribution in [0.1, 0.15) is 49.2 Å². The van der Waals surface area contributed by atoms with Gasteiger partial charge in [-0.15, -0.1) is 11.3 Å². The SMILES string of the molecule is Cc1nc(C(C)C)sc1C(C)(C)[SiH3]. The quantitative estimate of drug-likeness (QED) is 0.686. The molecule has 1 nitrogen and oxygen atoms in total. The number of aromatic nitrogens is 1. The minimum Gasteiger partial charge on any atom is -0.246 e. The lowest BCUT2D eigenvalue weighted by Gasteiger charge is -2.16. The first-order valence-electron chi connectivity index (χ1n) is 4.80. The number of aryl methyl sites for hydroxylation is 1. The molecule has 13 heavy (non-hydrogen) atoms. The van der Waals surface area contributed by atoms with Gasteiger partial charge in [0.15, 0.2) is 0 Å². The van der Waals surface area contributed by atoms with Gasteiger partial charge in [-0.1, -0.05) is 27.7 Å². The fourth-order valence-corrected chi connectivity index (χ4v) is 3.15. The van der Waals surface area contributed by atoms with E-state index in [1.807, 2.05) is 11.3 Å². The van der Waals surface area contributed by atoms with E-state index in [0.717, 1.165) is 0 Å². The van der Waals surface area contributed by atoms with E-state index in [1.165, 1.54) is 25.8 Å². The molecule has 0 amide bonds. The van der Waals surface area contributed by atoms with Crippen molar-refractivity contribution in [3.63, 3.8) is 0 Å². The summed E-state index contributed by atoms with van der Waals surface area (Å²) >= 11 is 1.90. The first kappa shape index (κ1) is 10.9. The van der Waals surface area contributed by atoms with E-state index in [2.05, 4.69) is 39.6 Å². The van der Waals surface area contributed by atoms with E-state index >= 15 is 0 Å². The Bertz CT molecular complexity index is 296. The molecule has 0 saturated heterocycles. The van der Waals surface area contributed by atoms with Gasteiger partial charge in [-0.3, -0.25) is 0 Å². The molecule has 0 aliphatic carbocycles. The zero-order chi connectivity index (χ0) is 10.2.